The predicted octanol–water partition coefficient (Wildman–Crippen LogP) is 7.72. The van der Waals surface area contributed by atoms with E-state index >= 15 is 0 Å². The van der Waals surface area contributed by atoms with E-state index < -0.39 is 16.8 Å². The van der Waals surface area contributed by atoms with Crippen molar-refractivity contribution in [2.75, 3.05) is 14.2 Å². The molecule has 0 radical (unpaired) electrons. The van der Waals surface area contributed by atoms with Gasteiger partial charge in [0.25, 0.3) is 0 Å². The second kappa shape index (κ2) is 10.9. The summed E-state index contributed by atoms with van der Waals surface area (Å²) in [6.07, 6.45) is -3.26. The zero-order chi connectivity index (χ0) is 26.7. The SMILES string of the molecule is COc1cc2nccc(Oc3ccc(CC(=O)Cc4ccc(Cl)c(C(F)(F)F)c4)c(Cl)c3)c2cc1OC. The first-order chi connectivity index (χ1) is 17.6. The number of fused-ring (bicyclic) bond motifs is 1. The third-order valence-corrected chi connectivity index (χ3v) is 6.27. The van der Waals surface area contributed by atoms with Crippen LogP contribution in [0.3, 0.4) is 0 Å². The molecule has 0 amide bonds. The van der Waals surface area contributed by atoms with E-state index in [0.29, 0.717) is 39.5 Å². The van der Waals surface area contributed by atoms with Gasteiger partial charge in [0.1, 0.15) is 17.3 Å². The molecular formula is C27H20Cl2F3NO4. The van der Waals surface area contributed by atoms with Gasteiger partial charge >= 0.3 is 6.18 Å². The molecule has 0 unspecified atom stereocenters. The summed E-state index contributed by atoms with van der Waals surface area (Å²) in [5, 5.41) is 0.564. The van der Waals surface area contributed by atoms with E-state index in [1.165, 1.54) is 20.3 Å². The second-order valence-electron chi connectivity index (χ2n) is 8.09. The molecule has 0 N–H and O–H groups in total. The van der Waals surface area contributed by atoms with E-state index in [-0.39, 0.29) is 29.2 Å². The first-order valence-electron chi connectivity index (χ1n) is 10.9. The maximum absolute atomic E-state index is 13.1. The third kappa shape index (κ3) is 6.09. The fraction of sp³-hybridized carbons (Fsp3) is 0.185. The van der Waals surface area contributed by atoms with Gasteiger partial charge in [-0.2, -0.15) is 13.2 Å². The highest BCUT2D eigenvalue weighted by Gasteiger charge is 2.33. The van der Waals surface area contributed by atoms with Crippen molar-refractivity contribution in [1.82, 2.24) is 4.98 Å². The van der Waals surface area contributed by atoms with E-state index in [1.807, 2.05) is 0 Å². The molecule has 10 heteroatoms. The molecule has 4 aromatic rings. The van der Waals surface area contributed by atoms with E-state index in [1.54, 1.807) is 42.6 Å². The van der Waals surface area contributed by atoms with Crippen molar-refractivity contribution in [3.8, 4) is 23.0 Å². The predicted molar refractivity (Wildman–Crippen MR) is 135 cm³/mol. The van der Waals surface area contributed by atoms with Gasteiger partial charge in [0, 0.05) is 35.5 Å². The number of aromatic nitrogens is 1. The van der Waals surface area contributed by atoms with Crippen molar-refractivity contribution in [2.24, 2.45) is 0 Å². The minimum atomic E-state index is -4.60. The summed E-state index contributed by atoms with van der Waals surface area (Å²) in [5.74, 6) is 1.69. The highest BCUT2D eigenvalue weighted by molar-refractivity contribution is 6.32. The number of Topliss-reactive ketones (excluding diaryl/α,β-unsaturated/α-hetero) is 1. The Morgan fingerprint density at radius 2 is 1.59 bits per heavy atom. The Morgan fingerprint density at radius 3 is 2.27 bits per heavy atom. The highest BCUT2D eigenvalue weighted by Crippen LogP contribution is 2.38. The number of ketones is 1. The van der Waals surface area contributed by atoms with Crippen LogP contribution < -0.4 is 14.2 Å². The lowest BCUT2D eigenvalue weighted by molar-refractivity contribution is -0.137. The number of pyridine rings is 1. The molecule has 1 aromatic heterocycles. The van der Waals surface area contributed by atoms with Gasteiger partial charge in [-0.25, -0.2) is 0 Å². The molecule has 0 aliphatic carbocycles. The summed E-state index contributed by atoms with van der Waals surface area (Å²) in [6, 6.07) is 13.5. The fourth-order valence-electron chi connectivity index (χ4n) is 3.80. The van der Waals surface area contributed by atoms with Gasteiger partial charge in [0.05, 0.1) is 30.3 Å². The van der Waals surface area contributed by atoms with Crippen LogP contribution in [0, 0.1) is 0 Å². The van der Waals surface area contributed by atoms with E-state index in [0.717, 1.165) is 12.1 Å². The van der Waals surface area contributed by atoms with Crippen molar-refractivity contribution >= 4 is 39.9 Å². The minimum Gasteiger partial charge on any atom is -0.493 e. The highest BCUT2D eigenvalue weighted by atomic mass is 35.5. The van der Waals surface area contributed by atoms with Gasteiger partial charge in [0.2, 0.25) is 0 Å². The zero-order valence-corrected chi connectivity index (χ0v) is 21.2. The number of carbonyl (C=O) groups excluding carboxylic acids is 1. The molecule has 1 heterocycles. The summed E-state index contributed by atoms with van der Waals surface area (Å²) in [7, 11) is 3.07. The lowest BCUT2D eigenvalue weighted by Gasteiger charge is -2.13. The average Bonchev–Trinajstić information content (AvgIpc) is 2.85. The molecule has 0 atom stereocenters. The molecule has 5 nitrogen and oxygen atoms in total. The molecule has 0 spiro atoms. The molecule has 37 heavy (non-hydrogen) atoms. The van der Waals surface area contributed by atoms with Crippen molar-refractivity contribution in [2.45, 2.75) is 19.0 Å². The van der Waals surface area contributed by atoms with Gasteiger partial charge in [-0.15, -0.1) is 0 Å². The van der Waals surface area contributed by atoms with E-state index in [4.69, 9.17) is 37.4 Å². The van der Waals surface area contributed by atoms with Gasteiger partial charge in [-0.05, 0) is 47.5 Å². The average molecular weight is 550 g/mol. The molecule has 192 valence electrons. The molecule has 0 fully saturated rings. The van der Waals surface area contributed by atoms with Crippen LogP contribution >= 0.6 is 23.2 Å². The Morgan fingerprint density at radius 1 is 0.865 bits per heavy atom. The maximum atomic E-state index is 13.1. The number of carbonyl (C=O) groups is 1. The topological polar surface area (TPSA) is 57.7 Å². The normalized spacial score (nSPS) is 11.4. The quantitative estimate of drug-likeness (QED) is 0.225. The molecule has 0 aliphatic rings. The largest absolute Gasteiger partial charge is 0.493 e. The van der Waals surface area contributed by atoms with Crippen molar-refractivity contribution in [1.29, 1.82) is 0 Å². The van der Waals surface area contributed by atoms with Crippen LogP contribution in [0.1, 0.15) is 16.7 Å². The number of halogens is 5. The van der Waals surface area contributed by atoms with Crippen LogP contribution in [0.2, 0.25) is 10.0 Å². The monoisotopic (exact) mass is 549 g/mol. The first-order valence-corrected chi connectivity index (χ1v) is 11.7. The summed E-state index contributed by atoms with van der Waals surface area (Å²) in [5.41, 5.74) is 0.405. The van der Waals surface area contributed by atoms with Crippen molar-refractivity contribution < 1.29 is 32.2 Å². The van der Waals surface area contributed by atoms with Crippen molar-refractivity contribution in [3.05, 3.63) is 87.5 Å². The Kier molecular flexibility index (Phi) is 7.80. The summed E-state index contributed by atoms with van der Waals surface area (Å²) >= 11 is 12.1. The first kappa shape index (κ1) is 26.6. The van der Waals surface area contributed by atoms with Crippen LogP contribution in [-0.4, -0.2) is 25.0 Å². The summed E-state index contributed by atoms with van der Waals surface area (Å²) in [6.45, 7) is 0. The molecule has 4 rings (SSSR count). The van der Waals surface area contributed by atoms with Gasteiger partial charge < -0.3 is 14.2 Å². The molecular weight excluding hydrogens is 530 g/mol. The van der Waals surface area contributed by atoms with Crippen molar-refractivity contribution in [3.63, 3.8) is 0 Å². The summed E-state index contributed by atoms with van der Waals surface area (Å²) in [4.78, 5) is 16.9. The molecule has 0 saturated heterocycles. The van der Waals surface area contributed by atoms with E-state index in [2.05, 4.69) is 4.98 Å². The number of hydrogen-bond acceptors (Lipinski definition) is 5. The lowest BCUT2D eigenvalue weighted by atomic mass is 10.0. The third-order valence-electron chi connectivity index (χ3n) is 5.58. The number of hydrogen-bond donors (Lipinski definition) is 0. The number of benzene rings is 3. The maximum Gasteiger partial charge on any atom is 0.417 e. The number of rotatable bonds is 8. The number of ether oxygens (including phenoxy) is 3. The fourth-order valence-corrected chi connectivity index (χ4v) is 4.26. The number of methoxy groups -OCH3 is 2. The summed E-state index contributed by atoms with van der Waals surface area (Å²) < 4.78 is 56.0. The molecule has 0 aliphatic heterocycles. The standard InChI is InChI=1S/C27H20Cl2F3NO4/c1-35-25-13-19-23(14-26(25)36-2)33-8-7-24(19)37-18-5-4-16(22(29)12-18)11-17(34)9-15-3-6-21(28)20(10-15)27(30,31)32/h3-8,10,12-14H,9,11H2,1-2H3. The van der Waals surface area contributed by atoms with Gasteiger partial charge in [-0.1, -0.05) is 35.3 Å². The van der Waals surface area contributed by atoms with Crippen LogP contribution in [0.15, 0.2) is 60.8 Å². The number of alkyl halides is 3. The van der Waals surface area contributed by atoms with Crippen LogP contribution in [-0.2, 0) is 23.8 Å². The Balaban J connectivity index is 1.50. The molecule has 0 saturated carbocycles. The van der Waals surface area contributed by atoms with Gasteiger partial charge in [-0.3, -0.25) is 9.78 Å². The Labute approximate surface area is 220 Å². The minimum absolute atomic E-state index is 0.0573. The second-order valence-corrected chi connectivity index (χ2v) is 8.91. The van der Waals surface area contributed by atoms with E-state index in [9.17, 15) is 18.0 Å². The van der Waals surface area contributed by atoms with Crippen LogP contribution in [0.5, 0.6) is 23.0 Å². The Bertz CT molecular complexity index is 1470. The Hall–Kier alpha value is -3.49. The molecule has 0 bridgehead atoms. The van der Waals surface area contributed by atoms with Gasteiger partial charge in [0.15, 0.2) is 11.5 Å². The van der Waals surface area contributed by atoms with Crippen LogP contribution in [0.4, 0.5) is 13.2 Å². The smallest absolute Gasteiger partial charge is 0.417 e. The molecule has 3 aromatic carbocycles. The number of nitrogens with zero attached hydrogens (tertiary/aromatic N) is 1. The van der Waals surface area contributed by atoms with Crippen LogP contribution in [0.25, 0.3) is 10.9 Å². The lowest BCUT2D eigenvalue weighted by Crippen LogP contribution is -2.10. The zero-order valence-electron chi connectivity index (χ0n) is 19.7.